The predicted molar refractivity (Wildman–Crippen MR) is 77.6 cm³/mol. The van der Waals surface area contributed by atoms with Gasteiger partial charge in [-0.05, 0) is 32.2 Å². The largest absolute Gasteiger partial charge is 0.334 e. The van der Waals surface area contributed by atoms with Crippen molar-refractivity contribution in [3.05, 3.63) is 18.2 Å². The number of aromatic nitrogens is 2. The molecule has 0 saturated heterocycles. The van der Waals surface area contributed by atoms with E-state index in [-0.39, 0.29) is 0 Å². The number of imidazole rings is 1. The number of hydrogen-bond acceptors (Lipinski definition) is 2. The van der Waals surface area contributed by atoms with Gasteiger partial charge in [-0.3, -0.25) is 0 Å². The van der Waals surface area contributed by atoms with Crippen LogP contribution in [0.5, 0.6) is 0 Å². The minimum Gasteiger partial charge on any atom is -0.334 e. The molecule has 1 atom stereocenters. The highest BCUT2D eigenvalue weighted by molar-refractivity contribution is 5.01. The maximum atomic E-state index is 4.59. The highest BCUT2D eigenvalue weighted by Crippen LogP contribution is 2.28. The van der Waals surface area contributed by atoms with E-state index in [1.54, 1.807) is 0 Å². The smallest absolute Gasteiger partial charge is 0.126 e. The maximum absolute atomic E-state index is 4.59. The molecule has 1 N–H and O–H groups in total. The van der Waals surface area contributed by atoms with Crippen molar-refractivity contribution in [1.29, 1.82) is 0 Å². The van der Waals surface area contributed by atoms with Crippen molar-refractivity contribution >= 4 is 0 Å². The van der Waals surface area contributed by atoms with Gasteiger partial charge in [0.25, 0.3) is 0 Å². The molecule has 1 rings (SSSR count). The zero-order valence-corrected chi connectivity index (χ0v) is 12.4. The summed E-state index contributed by atoms with van der Waals surface area (Å²) < 4.78 is 2.31. The summed E-state index contributed by atoms with van der Waals surface area (Å²) in [5, 5.41) is 3.49. The maximum Gasteiger partial charge on any atom is 0.126 e. The zero-order chi connectivity index (χ0) is 13.4. The second-order valence-electron chi connectivity index (χ2n) is 5.08. The van der Waals surface area contributed by atoms with E-state index in [2.05, 4.69) is 48.9 Å². The molecule has 1 unspecified atom stereocenters. The molecular formula is C15H29N3. The van der Waals surface area contributed by atoms with Gasteiger partial charge in [-0.2, -0.15) is 0 Å². The van der Waals surface area contributed by atoms with Crippen molar-refractivity contribution in [3.63, 3.8) is 0 Å². The lowest BCUT2D eigenvalue weighted by molar-refractivity contribution is 0.311. The van der Waals surface area contributed by atoms with E-state index >= 15 is 0 Å². The number of hydrogen-bond donors (Lipinski definition) is 1. The van der Waals surface area contributed by atoms with Crippen LogP contribution in [-0.2, 0) is 6.54 Å². The van der Waals surface area contributed by atoms with E-state index in [0.29, 0.717) is 12.0 Å². The molecule has 0 spiro atoms. The van der Waals surface area contributed by atoms with E-state index in [4.69, 9.17) is 0 Å². The molecule has 1 aromatic rings. The van der Waals surface area contributed by atoms with Gasteiger partial charge in [0.1, 0.15) is 5.82 Å². The lowest BCUT2D eigenvalue weighted by Gasteiger charge is -2.26. The van der Waals surface area contributed by atoms with Crippen molar-refractivity contribution in [2.45, 2.75) is 65.5 Å². The van der Waals surface area contributed by atoms with Gasteiger partial charge in [0.15, 0.2) is 0 Å². The third-order valence-corrected chi connectivity index (χ3v) is 3.59. The molecule has 1 heterocycles. The summed E-state index contributed by atoms with van der Waals surface area (Å²) in [4.78, 5) is 4.59. The molecule has 0 fully saturated rings. The van der Waals surface area contributed by atoms with Crippen LogP contribution in [0.1, 0.15) is 64.7 Å². The first-order valence-corrected chi connectivity index (χ1v) is 7.46. The normalized spacial score (nSPS) is 13.2. The van der Waals surface area contributed by atoms with Gasteiger partial charge in [-0.25, -0.2) is 4.98 Å². The van der Waals surface area contributed by atoms with Crippen LogP contribution < -0.4 is 5.32 Å². The first-order valence-electron chi connectivity index (χ1n) is 7.46. The Kier molecular flexibility index (Phi) is 7.02. The predicted octanol–water partition coefficient (Wildman–Crippen LogP) is 3.77. The molecule has 3 nitrogen and oxygen atoms in total. The molecule has 0 aliphatic heterocycles. The number of nitrogens with one attached hydrogen (secondary N) is 1. The SMILES string of the molecule is CCCC(CCC)C(NC)c1nccn1CCC. The molecule has 1 aromatic heterocycles. The first-order chi connectivity index (χ1) is 8.78. The van der Waals surface area contributed by atoms with E-state index in [0.717, 1.165) is 13.0 Å². The van der Waals surface area contributed by atoms with Crippen LogP contribution in [-0.4, -0.2) is 16.6 Å². The third-order valence-electron chi connectivity index (χ3n) is 3.59. The Morgan fingerprint density at radius 3 is 2.33 bits per heavy atom. The molecule has 0 aliphatic rings. The molecule has 0 aromatic carbocycles. The van der Waals surface area contributed by atoms with E-state index in [1.807, 2.05) is 6.20 Å². The molecular weight excluding hydrogens is 222 g/mol. The summed E-state index contributed by atoms with van der Waals surface area (Å²) in [6.45, 7) is 7.83. The van der Waals surface area contributed by atoms with E-state index in [9.17, 15) is 0 Å². The topological polar surface area (TPSA) is 29.9 Å². The minimum absolute atomic E-state index is 0.395. The van der Waals surface area contributed by atoms with Crippen LogP contribution in [0.2, 0.25) is 0 Å². The van der Waals surface area contributed by atoms with Crippen LogP contribution in [0.15, 0.2) is 12.4 Å². The monoisotopic (exact) mass is 251 g/mol. The second-order valence-corrected chi connectivity index (χ2v) is 5.08. The van der Waals surface area contributed by atoms with Crippen molar-refractivity contribution in [2.75, 3.05) is 7.05 Å². The van der Waals surface area contributed by atoms with Crippen LogP contribution >= 0.6 is 0 Å². The Morgan fingerprint density at radius 2 is 1.83 bits per heavy atom. The van der Waals surface area contributed by atoms with Crippen molar-refractivity contribution in [1.82, 2.24) is 14.9 Å². The quantitative estimate of drug-likeness (QED) is 0.724. The Hall–Kier alpha value is -0.830. The van der Waals surface area contributed by atoms with Gasteiger partial charge < -0.3 is 9.88 Å². The first kappa shape index (κ1) is 15.2. The zero-order valence-electron chi connectivity index (χ0n) is 12.4. The highest BCUT2D eigenvalue weighted by atomic mass is 15.1. The number of rotatable bonds is 9. The second kappa shape index (κ2) is 8.30. The lowest BCUT2D eigenvalue weighted by Crippen LogP contribution is -2.28. The highest BCUT2D eigenvalue weighted by Gasteiger charge is 2.23. The van der Waals surface area contributed by atoms with Crippen molar-refractivity contribution in [3.8, 4) is 0 Å². The Balaban J connectivity index is 2.87. The summed E-state index contributed by atoms with van der Waals surface area (Å²) in [6.07, 6.45) is 10.2. The summed E-state index contributed by atoms with van der Waals surface area (Å²) in [7, 11) is 2.06. The van der Waals surface area contributed by atoms with Crippen LogP contribution in [0.3, 0.4) is 0 Å². The Labute approximate surface area is 112 Å². The summed E-state index contributed by atoms with van der Waals surface area (Å²) in [5.41, 5.74) is 0. The Morgan fingerprint density at radius 1 is 1.17 bits per heavy atom. The fourth-order valence-electron chi connectivity index (χ4n) is 2.82. The summed E-state index contributed by atoms with van der Waals surface area (Å²) in [5.74, 6) is 1.91. The van der Waals surface area contributed by atoms with Crippen LogP contribution in [0, 0.1) is 5.92 Å². The van der Waals surface area contributed by atoms with E-state index in [1.165, 1.54) is 31.5 Å². The minimum atomic E-state index is 0.395. The van der Waals surface area contributed by atoms with Gasteiger partial charge in [0.05, 0.1) is 6.04 Å². The van der Waals surface area contributed by atoms with Gasteiger partial charge in [-0.1, -0.05) is 33.6 Å². The standard InChI is InChI=1S/C15H29N3/c1-5-8-13(9-6-2)14(16-4)15-17-10-12-18(15)11-7-3/h10,12-14,16H,5-9,11H2,1-4H3. The van der Waals surface area contributed by atoms with Gasteiger partial charge in [-0.15, -0.1) is 0 Å². The molecule has 0 saturated carbocycles. The molecule has 0 bridgehead atoms. The lowest BCUT2D eigenvalue weighted by atomic mass is 9.90. The summed E-state index contributed by atoms with van der Waals surface area (Å²) in [6, 6.07) is 0.395. The molecule has 0 amide bonds. The molecule has 0 aliphatic carbocycles. The van der Waals surface area contributed by atoms with Gasteiger partial charge in [0, 0.05) is 18.9 Å². The third kappa shape index (κ3) is 3.84. The molecule has 0 radical (unpaired) electrons. The molecule has 104 valence electrons. The van der Waals surface area contributed by atoms with Gasteiger partial charge in [0.2, 0.25) is 0 Å². The van der Waals surface area contributed by atoms with E-state index < -0.39 is 0 Å². The fraction of sp³-hybridized carbons (Fsp3) is 0.800. The molecule has 3 heteroatoms. The van der Waals surface area contributed by atoms with Crippen LogP contribution in [0.4, 0.5) is 0 Å². The van der Waals surface area contributed by atoms with Crippen molar-refractivity contribution in [2.24, 2.45) is 5.92 Å². The average molecular weight is 251 g/mol. The van der Waals surface area contributed by atoms with Crippen molar-refractivity contribution < 1.29 is 0 Å². The molecule has 18 heavy (non-hydrogen) atoms. The van der Waals surface area contributed by atoms with Crippen LogP contribution in [0.25, 0.3) is 0 Å². The van der Waals surface area contributed by atoms with Gasteiger partial charge >= 0.3 is 0 Å². The number of aryl methyl sites for hydroxylation is 1. The number of nitrogens with zero attached hydrogens (tertiary/aromatic N) is 2. The average Bonchev–Trinajstić information content (AvgIpc) is 2.80. The Bertz CT molecular complexity index is 313. The summed E-state index contributed by atoms with van der Waals surface area (Å²) >= 11 is 0. The fourth-order valence-corrected chi connectivity index (χ4v) is 2.82.